The Labute approximate surface area is 168 Å². The van der Waals surface area contributed by atoms with E-state index in [0.29, 0.717) is 10.7 Å². The molecular formula is C22H23N3O2S. The number of hydrogen-bond donors (Lipinski definition) is 1. The van der Waals surface area contributed by atoms with Crippen molar-refractivity contribution in [3.05, 3.63) is 62.5 Å². The van der Waals surface area contributed by atoms with E-state index in [0.717, 1.165) is 28.9 Å². The summed E-state index contributed by atoms with van der Waals surface area (Å²) in [6, 6.07) is 9.98. The van der Waals surface area contributed by atoms with Gasteiger partial charge >= 0.3 is 0 Å². The Morgan fingerprint density at radius 1 is 1.25 bits per heavy atom. The van der Waals surface area contributed by atoms with Crippen molar-refractivity contribution in [2.45, 2.75) is 46.5 Å². The number of carbonyl (C=O) groups excluding carboxylic acids is 2. The Morgan fingerprint density at radius 3 is 2.71 bits per heavy atom. The molecule has 1 atom stereocenters. The van der Waals surface area contributed by atoms with Crippen LogP contribution in [0, 0.1) is 20.8 Å². The molecule has 144 valence electrons. The fourth-order valence-electron chi connectivity index (χ4n) is 3.86. The van der Waals surface area contributed by atoms with Crippen molar-refractivity contribution in [2.24, 2.45) is 0 Å². The van der Waals surface area contributed by atoms with Crippen molar-refractivity contribution >= 4 is 28.8 Å². The van der Waals surface area contributed by atoms with Crippen LogP contribution in [-0.4, -0.2) is 21.5 Å². The van der Waals surface area contributed by atoms with Gasteiger partial charge < -0.3 is 5.32 Å². The van der Waals surface area contributed by atoms with E-state index < -0.39 is 5.92 Å². The van der Waals surface area contributed by atoms with Crippen LogP contribution in [0.3, 0.4) is 0 Å². The van der Waals surface area contributed by atoms with E-state index in [1.165, 1.54) is 21.8 Å². The molecule has 0 bridgehead atoms. The summed E-state index contributed by atoms with van der Waals surface area (Å²) in [5.41, 5.74) is 4.75. The molecule has 0 saturated heterocycles. The number of anilines is 1. The lowest BCUT2D eigenvalue weighted by Crippen LogP contribution is -2.28. The minimum atomic E-state index is -0.494. The number of carbonyl (C=O) groups is 2. The molecule has 5 nitrogen and oxygen atoms in total. The Kier molecular flexibility index (Phi) is 4.67. The summed E-state index contributed by atoms with van der Waals surface area (Å²) in [5, 5.41) is 7.64. The normalized spacial score (nSPS) is 16.0. The number of thiophene rings is 1. The molecule has 4 rings (SSSR count). The molecule has 0 saturated carbocycles. The molecular weight excluding hydrogens is 370 g/mol. The van der Waals surface area contributed by atoms with E-state index in [1.807, 2.05) is 45.0 Å². The quantitative estimate of drug-likeness (QED) is 0.652. The standard InChI is InChI=1S/C22H23N3O2S/c1-5-15-7-9-18(28-15)21(27)16-11-19(26)23-22-20(16)14(4)24-25(22)17-8-6-12(2)10-13(17)3/h6-10,16H,5,11H2,1-4H3,(H,23,26)/t16-/m0/s1. The molecule has 6 heteroatoms. The van der Waals surface area contributed by atoms with Crippen LogP contribution in [0.25, 0.3) is 5.69 Å². The third-order valence-corrected chi connectivity index (χ3v) is 6.50. The first-order chi connectivity index (χ1) is 13.4. The third kappa shape index (κ3) is 3.07. The van der Waals surface area contributed by atoms with Crippen LogP contribution in [0.4, 0.5) is 5.82 Å². The van der Waals surface area contributed by atoms with Gasteiger partial charge in [0, 0.05) is 16.9 Å². The average Bonchev–Trinajstić information content (AvgIpc) is 3.26. The van der Waals surface area contributed by atoms with E-state index in [9.17, 15) is 9.59 Å². The zero-order valence-electron chi connectivity index (χ0n) is 16.5. The van der Waals surface area contributed by atoms with Crippen molar-refractivity contribution in [3.8, 4) is 5.69 Å². The highest BCUT2D eigenvalue weighted by Gasteiger charge is 2.36. The van der Waals surface area contributed by atoms with Gasteiger partial charge in [0.15, 0.2) is 5.78 Å². The number of Topliss-reactive ketones (excluding diaryl/α,β-unsaturated/α-hetero) is 1. The van der Waals surface area contributed by atoms with Gasteiger partial charge in [0.05, 0.1) is 22.2 Å². The number of hydrogen-bond acceptors (Lipinski definition) is 4. The van der Waals surface area contributed by atoms with Crippen LogP contribution in [0.5, 0.6) is 0 Å². The number of rotatable bonds is 4. The summed E-state index contributed by atoms with van der Waals surface area (Å²) in [6.07, 6.45) is 1.06. The zero-order chi connectivity index (χ0) is 20.0. The first-order valence-electron chi connectivity index (χ1n) is 9.49. The lowest BCUT2D eigenvalue weighted by atomic mass is 9.87. The zero-order valence-corrected chi connectivity index (χ0v) is 17.3. The molecule has 3 aromatic rings. The van der Waals surface area contributed by atoms with Gasteiger partial charge in [-0.15, -0.1) is 11.3 Å². The molecule has 2 aromatic heterocycles. The average molecular weight is 394 g/mol. The number of aromatic nitrogens is 2. The van der Waals surface area contributed by atoms with Crippen LogP contribution in [0.15, 0.2) is 30.3 Å². The molecule has 1 amide bonds. The maximum Gasteiger partial charge on any atom is 0.226 e. The second-order valence-corrected chi connectivity index (χ2v) is 8.51. The Morgan fingerprint density at radius 2 is 2.04 bits per heavy atom. The SMILES string of the molecule is CCc1ccc(C(=O)[C@H]2CC(=O)Nc3c2c(C)nn3-c2ccc(C)cc2C)s1. The number of nitrogens with zero attached hydrogens (tertiary/aromatic N) is 2. The van der Waals surface area contributed by atoms with Crippen LogP contribution < -0.4 is 5.32 Å². The van der Waals surface area contributed by atoms with E-state index in [4.69, 9.17) is 0 Å². The van der Waals surface area contributed by atoms with Crippen LogP contribution >= 0.6 is 11.3 Å². The van der Waals surface area contributed by atoms with Gasteiger partial charge in [0.25, 0.3) is 0 Å². The lowest BCUT2D eigenvalue weighted by Gasteiger charge is -2.23. The molecule has 0 fully saturated rings. The highest BCUT2D eigenvalue weighted by atomic mass is 32.1. The van der Waals surface area contributed by atoms with Crippen molar-refractivity contribution in [2.75, 3.05) is 5.32 Å². The monoisotopic (exact) mass is 393 g/mol. The molecule has 28 heavy (non-hydrogen) atoms. The molecule has 0 unspecified atom stereocenters. The fraction of sp³-hybridized carbons (Fsp3) is 0.318. The summed E-state index contributed by atoms with van der Waals surface area (Å²) < 4.78 is 1.77. The first kappa shape index (κ1) is 18.6. The Balaban J connectivity index is 1.82. The molecule has 0 aliphatic carbocycles. The van der Waals surface area contributed by atoms with Gasteiger partial charge in [0.2, 0.25) is 5.91 Å². The van der Waals surface area contributed by atoms with E-state index >= 15 is 0 Å². The van der Waals surface area contributed by atoms with Crippen molar-refractivity contribution < 1.29 is 9.59 Å². The first-order valence-corrected chi connectivity index (χ1v) is 10.3. The summed E-state index contributed by atoms with van der Waals surface area (Å²) in [6.45, 7) is 8.05. The van der Waals surface area contributed by atoms with Crippen LogP contribution in [0.2, 0.25) is 0 Å². The minimum Gasteiger partial charge on any atom is -0.310 e. The molecule has 3 heterocycles. The summed E-state index contributed by atoms with van der Waals surface area (Å²) in [7, 11) is 0. The van der Waals surface area contributed by atoms with Gasteiger partial charge in [-0.05, 0) is 51.0 Å². The van der Waals surface area contributed by atoms with Crippen molar-refractivity contribution in [3.63, 3.8) is 0 Å². The fourth-order valence-corrected chi connectivity index (χ4v) is 4.80. The van der Waals surface area contributed by atoms with E-state index in [1.54, 1.807) is 4.68 Å². The Hall–Kier alpha value is -2.73. The smallest absolute Gasteiger partial charge is 0.226 e. The molecule has 0 spiro atoms. The summed E-state index contributed by atoms with van der Waals surface area (Å²) in [5.74, 6) is -0.0222. The highest BCUT2D eigenvalue weighted by Crippen LogP contribution is 2.39. The second-order valence-electron chi connectivity index (χ2n) is 7.34. The highest BCUT2D eigenvalue weighted by molar-refractivity contribution is 7.14. The number of ketones is 1. The molecule has 1 aromatic carbocycles. The maximum absolute atomic E-state index is 13.2. The van der Waals surface area contributed by atoms with Crippen LogP contribution in [-0.2, 0) is 11.2 Å². The van der Waals surface area contributed by atoms with Gasteiger partial charge in [-0.2, -0.15) is 5.10 Å². The van der Waals surface area contributed by atoms with E-state index in [2.05, 4.69) is 23.4 Å². The number of aryl methyl sites for hydroxylation is 4. The van der Waals surface area contributed by atoms with Crippen LogP contribution in [0.1, 0.15) is 56.2 Å². The third-order valence-electron chi connectivity index (χ3n) is 5.25. The molecule has 1 N–H and O–H groups in total. The van der Waals surface area contributed by atoms with Gasteiger partial charge in [-0.25, -0.2) is 4.68 Å². The van der Waals surface area contributed by atoms with Crippen molar-refractivity contribution in [1.29, 1.82) is 0 Å². The predicted molar refractivity (Wildman–Crippen MR) is 112 cm³/mol. The van der Waals surface area contributed by atoms with E-state index in [-0.39, 0.29) is 18.1 Å². The number of amides is 1. The molecule has 1 aliphatic rings. The minimum absolute atomic E-state index is 0.00378. The maximum atomic E-state index is 13.2. The van der Waals surface area contributed by atoms with Gasteiger partial charge in [-0.1, -0.05) is 24.6 Å². The predicted octanol–water partition coefficient (Wildman–Crippen LogP) is 4.73. The van der Waals surface area contributed by atoms with Gasteiger partial charge in [0.1, 0.15) is 5.82 Å². The molecule has 0 radical (unpaired) electrons. The number of benzene rings is 1. The number of fused-ring (bicyclic) bond motifs is 1. The summed E-state index contributed by atoms with van der Waals surface area (Å²) >= 11 is 1.52. The second kappa shape index (κ2) is 7.02. The summed E-state index contributed by atoms with van der Waals surface area (Å²) in [4.78, 5) is 27.6. The molecule has 1 aliphatic heterocycles. The topological polar surface area (TPSA) is 64.0 Å². The van der Waals surface area contributed by atoms with Gasteiger partial charge in [-0.3, -0.25) is 9.59 Å². The Bertz CT molecular complexity index is 1090. The number of nitrogens with one attached hydrogen (secondary N) is 1. The van der Waals surface area contributed by atoms with Crippen molar-refractivity contribution in [1.82, 2.24) is 9.78 Å². The largest absolute Gasteiger partial charge is 0.310 e. The lowest BCUT2D eigenvalue weighted by molar-refractivity contribution is -0.116.